The number of pyridine rings is 2. The summed E-state index contributed by atoms with van der Waals surface area (Å²) in [6.45, 7) is 5.91. The van der Waals surface area contributed by atoms with E-state index in [9.17, 15) is 8.42 Å². The lowest BCUT2D eigenvalue weighted by Gasteiger charge is -2.34. The molecule has 1 saturated heterocycles. The lowest BCUT2D eigenvalue weighted by molar-refractivity contribution is 0.0986. The van der Waals surface area contributed by atoms with Crippen molar-refractivity contribution in [3.63, 3.8) is 0 Å². The van der Waals surface area contributed by atoms with Gasteiger partial charge in [-0.2, -0.15) is 10.2 Å². The Bertz CT molecular complexity index is 1440. The van der Waals surface area contributed by atoms with Crippen LogP contribution in [0.3, 0.4) is 0 Å². The van der Waals surface area contributed by atoms with Crippen LogP contribution in [0.4, 0.5) is 5.82 Å². The predicted molar refractivity (Wildman–Crippen MR) is 125 cm³/mol. The van der Waals surface area contributed by atoms with E-state index < -0.39 is 9.84 Å². The third kappa shape index (κ3) is 3.76. The highest BCUT2D eigenvalue weighted by Crippen LogP contribution is 2.37. The molecule has 11 heteroatoms. The van der Waals surface area contributed by atoms with E-state index in [1.165, 1.54) is 0 Å². The highest BCUT2D eigenvalue weighted by atomic mass is 32.2. The van der Waals surface area contributed by atoms with Gasteiger partial charge in [0.25, 0.3) is 0 Å². The van der Waals surface area contributed by atoms with Crippen LogP contribution in [0.2, 0.25) is 0 Å². The van der Waals surface area contributed by atoms with Gasteiger partial charge in [0.15, 0.2) is 14.9 Å². The highest BCUT2D eigenvalue weighted by Gasteiger charge is 2.25. The van der Waals surface area contributed by atoms with E-state index >= 15 is 0 Å². The monoisotopic (exact) mass is 467 g/mol. The number of aromatic amines is 1. The number of aryl methyl sites for hydroxylation is 2. The number of nitrogens with zero attached hydrogens (tertiary/aromatic N) is 6. The Balaban J connectivity index is 1.79. The molecule has 1 aliphatic heterocycles. The molecule has 4 aromatic rings. The molecular formula is C22H25N7O3S. The largest absolute Gasteiger partial charge is 0.377 e. The number of nitrogens with one attached hydrogen (secondary N) is 1. The lowest BCUT2D eigenvalue weighted by Crippen LogP contribution is -2.44. The topological polar surface area (TPSA) is 119 Å². The van der Waals surface area contributed by atoms with Crippen LogP contribution in [0.15, 0.2) is 35.5 Å². The van der Waals surface area contributed by atoms with Crippen molar-refractivity contribution < 1.29 is 13.2 Å². The van der Waals surface area contributed by atoms with E-state index in [4.69, 9.17) is 14.8 Å². The Morgan fingerprint density at radius 1 is 1.18 bits per heavy atom. The molecule has 0 unspecified atom stereocenters. The number of H-pyrrole nitrogens is 1. The summed E-state index contributed by atoms with van der Waals surface area (Å²) in [6.07, 6.45) is 2.84. The lowest BCUT2D eigenvalue weighted by atomic mass is 10.0. The minimum atomic E-state index is -3.41. The van der Waals surface area contributed by atoms with Gasteiger partial charge in [0.2, 0.25) is 0 Å². The summed E-state index contributed by atoms with van der Waals surface area (Å²) in [4.78, 5) is 11.6. The fourth-order valence-corrected chi connectivity index (χ4v) is 4.90. The van der Waals surface area contributed by atoms with E-state index in [-0.39, 0.29) is 11.1 Å². The van der Waals surface area contributed by atoms with Gasteiger partial charge in [-0.05, 0) is 38.1 Å². The molecule has 1 fully saturated rings. The molecule has 0 bridgehead atoms. The summed E-state index contributed by atoms with van der Waals surface area (Å²) in [5, 5.41) is 11.8. The van der Waals surface area contributed by atoms with Crippen LogP contribution in [0.25, 0.3) is 33.5 Å². The summed E-state index contributed by atoms with van der Waals surface area (Å²) >= 11 is 0. The third-order valence-corrected chi connectivity index (χ3v) is 6.91. The predicted octanol–water partition coefficient (Wildman–Crippen LogP) is 2.36. The molecule has 5 heterocycles. The van der Waals surface area contributed by atoms with Gasteiger partial charge in [-0.3, -0.25) is 9.78 Å². The van der Waals surface area contributed by atoms with Gasteiger partial charge < -0.3 is 9.64 Å². The van der Waals surface area contributed by atoms with E-state index in [1.807, 2.05) is 32.2 Å². The second-order valence-corrected chi connectivity index (χ2v) is 10.3. The van der Waals surface area contributed by atoms with Gasteiger partial charge in [0.05, 0.1) is 30.5 Å². The Morgan fingerprint density at radius 2 is 2.00 bits per heavy atom. The van der Waals surface area contributed by atoms with Crippen molar-refractivity contribution in [2.75, 3.05) is 30.9 Å². The van der Waals surface area contributed by atoms with Gasteiger partial charge >= 0.3 is 0 Å². The molecule has 1 N–H and O–H groups in total. The van der Waals surface area contributed by atoms with Crippen LogP contribution in [-0.4, -0.2) is 70.4 Å². The van der Waals surface area contributed by atoms with Crippen molar-refractivity contribution in [1.82, 2.24) is 29.9 Å². The Hall–Kier alpha value is -3.31. The van der Waals surface area contributed by atoms with Crippen LogP contribution in [0.5, 0.6) is 0 Å². The maximum atomic E-state index is 12.0. The first-order chi connectivity index (χ1) is 15.7. The first-order valence-electron chi connectivity index (χ1n) is 10.6. The summed E-state index contributed by atoms with van der Waals surface area (Å²) < 4.78 is 31.4. The summed E-state index contributed by atoms with van der Waals surface area (Å²) in [5.41, 5.74) is 5.38. The molecule has 0 amide bonds. The number of sulfone groups is 1. The van der Waals surface area contributed by atoms with Crippen molar-refractivity contribution in [2.45, 2.75) is 24.9 Å². The number of hydrogen-bond donors (Lipinski definition) is 1. The molecule has 5 rings (SSSR count). The summed E-state index contributed by atoms with van der Waals surface area (Å²) in [5.74, 6) is 0.814. The molecule has 0 aromatic carbocycles. The normalized spacial score (nSPS) is 17.1. The molecule has 1 atom stereocenters. The molecule has 172 valence electrons. The fraction of sp³-hybridized carbons (Fsp3) is 0.364. The maximum absolute atomic E-state index is 12.0. The van der Waals surface area contributed by atoms with E-state index in [0.29, 0.717) is 24.6 Å². The smallest absolute Gasteiger partial charge is 0.192 e. The molecule has 0 radical (unpaired) electrons. The fourth-order valence-electron chi connectivity index (χ4n) is 4.28. The molecule has 1 aliphatic rings. The molecule has 0 saturated carbocycles. The quantitative estimate of drug-likeness (QED) is 0.486. The first kappa shape index (κ1) is 21.5. The molecular weight excluding hydrogens is 442 g/mol. The van der Waals surface area contributed by atoms with Gasteiger partial charge in [0.1, 0.15) is 17.0 Å². The highest BCUT2D eigenvalue weighted by molar-refractivity contribution is 7.90. The molecule has 33 heavy (non-hydrogen) atoms. The second-order valence-electron chi connectivity index (χ2n) is 8.34. The second kappa shape index (κ2) is 7.92. The number of fused-ring (bicyclic) bond motifs is 1. The van der Waals surface area contributed by atoms with E-state index in [2.05, 4.69) is 27.0 Å². The summed E-state index contributed by atoms with van der Waals surface area (Å²) in [6, 6.07) is 7.42. The molecule has 4 aromatic heterocycles. The van der Waals surface area contributed by atoms with Crippen molar-refractivity contribution in [1.29, 1.82) is 0 Å². The first-order valence-corrected chi connectivity index (χ1v) is 12.5. The zero-order valence-corrected chi connectivity index (χ0v) is 19.7. The standard InChI is InChI=1S/C22H25N7O3S/c1-13-12-32-10-9-29(13)18-11-16(15-5-6-19(24-14(15)2)33(4,30)31)22-21(25-18)20(27-28(22)3)17-7-8-23-26-17/h5-8,11,13H,9-10,12H2,1-4H3,(H,23,26)/t13-/m1/s1. The number of rotatable bonds is 4. The average Bonchev–Trinajstić information content (AvgIpc) is 3.41. The van der Waals surface area contributed by atoms with Crippen molar-refractivity contribution in [2.24, 2.45) is 7.05 Å². The van der Waals surface area contributed by atoms with Gasteiger partial charge in [-0.25, -0.2) is 18.4 Å². The van der Waals surface area contributed by atoms with Crippen molar-refractivity contribution in [3.8, 4) is 22.5 Å². The van der Waals surface area contributed by atoms with Crippen LogP contribution in [0, 0.1) is 6.92 Å². The average molecular weight is 468 g/mol. The van der Waals surface area contributed by atoms with Gasteiger partial charge in [-0.1, -0.05) is 0 Å². The minimum absolute atomic E-state index is 0.0548. The molecule has 0 spiro atoms. The summed E-state index contributed by atoms with van der Waals surface area (Å²) in [7, 11) is -1.53. The van der Waals surface area contributed by atoms with Crippen LogP contribution in [0.1, 0.15) is 12.6 Å². The SMILES string of the molecule is Cc1nc(S(C)(=O)=O)ccc1-c1cc(N2CCOC[C@H]2C)nc2c(-c3ccn[nH]3)nn(C)c12. The van der Waals surface area contributed by atoms with Crippen molar-refractivity contribution in [3.05, 3.63) is 36.2 Å². The molecule has 10 nitrogen and oxygen atoms in total. The third-order valence-electron chi connectivity index (χ3n) is 5.93. The van der Waals surface area contributed by atoms with Crippen LogP contribution in [-0.2, 0) is 21.6 Å². The van der Waals surface area contributed by atoms with Crippen molar-refractivity contribution >= 4 is 26.7 Å². The number of ether oxygens (including phenoxy) is 1. The zero-order chi connectivity index (χ0) is 23.3. The Morgan fingerprint density at radius 3 is 2.67 bits per heavy atom. The zero-order valence-electron chi connectivity index (χ0n) is 18.9. The Kier molecular flexibility index (Phi) is 5.17. The number of morpholine rings is 1. The van der Waals surface area contributed by atoms with Crippen LogP contribution >= 0.6 is 0 Å². The van der Waals surface area contributed by atoms with E-state index in [0.717, 1.165) is 46.5 Å². The number of aromatic nitrogens is 6. The molecule has 0 aliphatic carbocycles. The van der Waals surface area contributed by atoms with E-state index in [1.54, 1.807) is 16.9 Å². The van der Waals surface area contributed by atoms with Gasteiger partial charge in [0, 0.05) is 42.9 Å². The maximum Gasteiger partial charge on any atom is 0.192 e. The Labute approximate surface area is 191 Å². The number of hydrogen-bond acceptors (Lipinski definition) is 8. The van der Waals surface area contributed by atoms with Crippen LogP contribution < -0.4 is 4.90 Å². The minimum Gasteiger partial charge on any atom is -0.377 e. The number of anilines is 1. The van der Waals surface area contributed by atoms with Gasteiger partial charge in [-0.15, -0.1) is 0 Å².